The van der Waals surface area contributed by atoms with Crippen molar-refractivity contribution in [2.45, 2.75) is 47.2 Å². The number of hydrogen-bond acceptors (Lipinski definition) is 2. The summed E-state index contributed by atoms with van der Waals surface area (Å²) in [5.74, 6) is 1.13. The lowest BCUT2D eigenvalue weighted by Gasteiger charge is -2.30. The normalized spacial score (nSPS) is 13.3. The third-order valence-electron chi connectivity index (χ3n) is 5.63. The number of halogens is 1. The lowest BCUT2D eigenvalue weighted by atomic mass is 9.99. The van der Waals surface area contributed by atoms with Crippen LogP contribution in [0.3, 0.4) is 0 Å². The lowest BCUT2D eigenvalue weighted by Crippen LogP contribution is -2.31. The molecule has 1 aliphatic heterocycles. The minimum absolute atomic E-state index is 0. The van der Waals surface area contributed by atoms with Crippen LogP contribution in [-0.2, 0) is 19.5 Å². The molecular formula is C23H28ClN3. The number of aromatic nitrogens is 2. The summed E-state index contributed by atoms with van der Waals surface area (Å²) in [6.45, 7) is 11.7. The minimum atomic E-state index is 0. The van der Waals surface area contributed by atoms with E-state index in [0.29, 0.717) is 0 Å². The highest BCUT2D eigenvalue weighted by Gasteiger charge is 2.22. The number of benzene rings is 1. The second-order valence-electron chi connectivity index (χ2n) is 7.57. The van der Waals surface area contributed by atoms with Crippen molar-refractivity contribution >= 4 is 29.1 Å². The van der Waals surface area contributed by atoms with Crippen LogP contribution in [0, 0.1) is 13.8 Å². The molecule has 0 saturated carbocycles. The molecule has 4 heteroatoms. The molecule has 1 aliphatic rings. The van der Waals surface area contributed by atoms with Gasteiger partial charge in [0.15, 0.2) is 0 Å². The van der Waals surface area contributed by atoms with E-state index in [0.717, 1.165) is 31.9 Å². The Bertz CT molecular complexity index is 996. The molecule has 3 heterocycles. The van der Waals surface area contributed by atoms with Gasteiger partial charge in [0.25, 0.3) is 0 Å². The van der Waals surface area contributed by atoms with Gasteiger partial charge in [0, 0.05) is 36.9 Å². The number of hydrogen-bond donors (Lipinski definition) is 0. The van der Waals surface area contributed by atoms with Crippen molar-refractivity contribution in [2.75, 3.05) is 11.4 Å². The van der Waals surface area contributed by atoms with Crippen LogP contribution < -0.4 is 4.90 Å². The van der Waals surface area contributed by atoms with E-state index in [-0.39, 0.29) is 12.4 Å². The van der Waals surface area contributed by atoms with Gasteiger partial charge in [0.2, 0.25) is 0 Å². The molecule has 4 rings (SSSR count). The zero-order valence-corrected chi connectivity index (χ0v) is 17.4. The molecular weight excluding hydrogens is 354 g/mol. The summed E-state index contributed by atoms with van der Waals surface area (Å²) in [5, 5.41) is 1.31. The van der Waals surface area contributed by atoms with Crippen LogP contribution in [0.25, 0.3) is 10.9 Å². The number of fused-ring (bicyclic) bond motifs is 2. The fraction of sp³-hybridized carbons (Fsp3) is 0.348. The fourth-order valence-corrected chi connectivity index (χ4v) is 4.02. The number of allylic oxidation sites excluding steroid dienone is 2. The standard InChI is InChI=1S/C23H27N3.ClH/c1-16(2)10-14-26-18(4)17(3)22-21(26)9-12-24-23(22)25-13-11-19-7-5-6-8-20(19)15-25;/h5-10,12H,11,13-15H2,1-4H3;1H. The molecule has 0 N–H and O–H groups in total. The van der Waals surface area contributed by atoms with Gasteiger partial charge in [-0.2, -0.15) is 0 Å². The monoisotopic (exact) mass is 381 g/mol. The SMILES string of the molecule is CC(C)=CCn1c(C)c(C)c2c(N3CCc4ccccc4C3)nccc21.Cl. The predicted molar refractivity (Wildman–Crippen MR) is 117 cm³/mol. The maximum atomic E-state index is 4.81. The molecule has 0 spiro atoms. The van der Waals surface area contributed by atoms with Gasteiger partial charge in [0.1, 0.15) is 5.82 Å². The molecule has 3 nitrogen and oxygen atoms in total. The van der Waals surface area contributed by atoms with Crippen LogP contribution in [0.5, 0.6) is 0 Å². The van der Waals surface area contributed by atoms with Crippen molar-refractivity contribution in [3.8, 4) is 0 Å². The Morgan fingerprint density at radius 2 is 1.85 bits per heavy atom. The Labute approximate surface area is 168 Å². The molecule has 1 aromatic carbocycles. The zero-order chi connectivity index (χ0) is 18.3. The first-order valence-electron chi connectivity index (χ1n) is 9.45. The van der Waals surface area contributed by atoms with E-state index >= 15 is 0 Å². The fourth-order valence-electron chi connectivity index (χ4n) is 4.02. The molecule has 0 amide bonds. The third kappa shape index (κ3) is 3.49. The van der Waals surface area contributed by atoms with E-state index in [1.807, 2.05) is 6.20 Å². The van der Waals surface area contributed by atoms with E-state index < -0.39 is 0 Å². The van der Waals surface area contributed by atoms with Gasteiger partial charge >= 0.3 is 0 Å². The van der Waals surface area contributed by atoms with Gasteiger partial charge in [-0.05, 0) is 56.9 Å². The molecule has 142 valence electrons. The Morgan fingerprint density at radius 1 is 1.11 bits per heavy atom. The average Bonchev–Trinajstić information content (AvgIpc) is 2.90. The van der Waals surface area contributed by atoms with Gasteiger partial charge < -0.3 is 9.47 Å². The van der Waals surface area contributed by atoms with Gasteiger partial charge in [-0.25, -0.2) is 4.98 Å². The topological polar surface area (TPSA) is 21.1 Å². The molecule has 0 atom stereocenters. The summed E-state index contributed by atoms with van der Waals surface area (Å²) in [7, 11) is 0. The van der Waals surface area contributed by atoms with Gasteiger partial charge in [-0.3, -0.25) is 0 Å². The van der Waals surface area contributed by atoms with Crippen molar-refractivity contribution in [1.82, 2.24) is 9.55 Å². The molecule has 0 aliphatic carbocycles. The highest BCUT2D eigenvalue weighted by molar-refractivity contribution is 5.95. The highest BCUT2D eigenvalue weighted by Crippen LogP contribution is 2.34. The van der Waals surface area contributed by atoms with Crippen LogP contribution in [0.1, 0.15) is 36.2 Å². The first-order valence-corrected chi connectivity index (χ1v) is 9.45. The summed E-state index contributed by atoms with van der Waals surface area (Å²) >= 11 is 0. The Hall–Kier alpha value is -2.26. The lowest BCUT2D eigenvalue weighted by molar-refractivity contribution is 0.724. The molecule has 0 bridgehead atoms. The second kappa shape index (κ2) is 7.77. The summed E-state index contributed by atoms with van der Waals surface area (Å²) in [4.78, 5) is 7.26. The zero-order valence-electron chi connectivity index (χ0n) is 16.6. The smallest absolute Gasteiger partial charge is 0.138 e. The summed E-state index contributed by atoms with van der Waals surface area (Å²) in [6, 6.07) is 11.0. The molecule has 0 radical (unpaired) electrons. The number of aryl methyl sites for hydroxylation is 1. The summed E-state index contributed by atoms with van der Waals surface area (Å²) in [5.41, 5.74) is 8.24. The number of nitrogens with zero attached hydrogens (tertiary/aromatic N) is 3. The third-order valence-corrected chi connectivity index (χ3v) is 5.63. The Kier molecular flexibility index (Phi) is 5.61. The van der Waals surface area contributed by atoms with E-state index in [1.54, 1.807) is 0 Å². The van der Waals surface area contributed by atoms with E-state index in [4.69, 9.17) is 4.98 Å². The number of anilines is 1. The van der Waals surface area contributed by atoms with Crippen molar-refractivity contribution in [3.05, 3.63) is 70.6 Å². The van der Waals surface area contributed by atoms with Crippen LogP contribution in [0.15, 0.2) is 48.2 Å². The predicted octanol–water partition coefficient (Wildman–Crippen LogP) is 5.60. The molecule has 0 fully saturated rings. The number of rotatable bonds is 3. The van der Waals surface area contributed by atoms with Gasteiger partial charge in [-0.15, -0.1) is 12.4 Å². The number of pyridine rings is 1. The molecule has 0 saturated heterocycles. The molecule has 27 heavy (non-hydrogen) atoms. The first kappa shape index (κ1) is 19.5. The first-order chi connectivity index (χ1) is 12.6. The quantitative estimate of drug-likeness (QED) is 0.550. The molecule has 3 aromatic rings. The average molecular weight is 382 g/mol. The van der Waals surface area contributed by atoms with Crippen molar-refractivity contribution in [3.63, 3.8) is 0 Å². The van der Waals surface area contributed by atoms with Crippen LogP contribution in [-0.4, -0.2) is 16.1 Å². The van der Waals surface area contributed by atoms with Crippen molar-refractivity contribution in [1.29, 1.82) is 0 Å². The van der Waals surface area contributed by atoms with E-state index in [1.165, 1.54) is 38.9 Å². The summed E-state index contributed by atoms with van der Waals surface area (Å²) in [6.07, 6.45) is 5.35. The summed E-state index contributed by atoms with van der Waals surface area (Å²) < 4.78 is 2.42. The molecule has 2 aromatic heterocycles. The van der Waals surface area contributed by atoms with Gasteiger partial charge in [0.05, 0.1) is 5.52 Å². The van der Waals surface area contributed by atoms with Crippen LogP contribution >= 0.6 is 12.4 Å². The maximum absolute atomic E-state index is 4.81. The van der Waals surface area contributed by atoms with E-state index in [2.05, 4.69) is 73.6 Å². The van der Waals surface area contributed by atoms with Crippen LogP contribution in [0.2, 0.25) is 0 Å². The maximum Gasteiger partial charge on any atom is 0.138 e. The van der Waals surface area contributed by atoms with E-state index in [9.17, 15) is 0 Å². The largest absolute Gasteiger partial charge is 0.351 e. The highest BCUT2D eigenvalue weighted by atomic mass is 35.5. The molecule has 0 unspecified atom stereocenters. The van der Waals surface area contributed by atoms with Crippen molar-refractivity contribution < 1.29 is 0 Å². The van der Waals surface area contributed by atoms with Crippen LogP contribution in [0.4, 0.5) is 5.82 Å². The van der Waals surface area contributed by atoms with Crippen molar-refractivity contribution in [2.24, 2.45) is 0 Å². The Balaban J connectivity index is 0.00000210. The van der Waals surface area contributed by atoms with Gasteiger partial charge in [-0.1, -0.05) is 35.9 Å². The second-order valence-corrected chi connectivity index (χ2v) is 7.57. The minimum Gasteiger partial charge on any atom is -0.351 e. The Morgan fingerprint density at radius 3 is 2.59 bits per heavy atom.